The van der Waals surface area contributed by atoms with Crippen molar-refractivity contribution >= 4 is 11.8 Å². The maximum atomic E-state index is 11.9. The predicted octanol–water partition coefficient (Wildman–Crippen LogP) is 2.96. The molecule has 0 aliphatic carbocycles. The highest BCUT2D eigenvalue weighted by atomic mass is 16.5. The summed E-state index contributed by atoms with van der Waals surface area (Å²) in [6.45, 7) is 6.76. The second kappa shape index (κ2) is 10.6. The third kappa shape index (κ3) is 8.24. The van der Waals surface area contributed by atoms with Gasteiger partial charge in [0.2, 0.25) is 11.8 Å². The van der Waals surface area contributed by atoms with Crippen LogP contribution in [-0.2, 0) is 9.59 Å². The molecule has 1 rings (SSSR count). The highest BCUT2D eigenvalue weighted by Gasteiger charge is 2.09. The summed E-state index contributed by atoms with van der Waals surface area (Å²) in [4.78, 5) is 22.6. The van der Waals surface area contributed by atoms with E-state index in [4.69, 9.17) is 4.74 Å². The molecule has 5 heteroatoms. The van der Waals surface area contributed by atoms with Gasteiger partial charge in [-0.3, -0.25) is 9.59 Å². The van der Waals surface area contributed by atoms with Crippen LogP contribution in [0.15, 0.2) is 24.3 Å². The third-order valence-electron chi connectivity index (χ3n) is 3.52. The Bertz CT molecular complexity index is 486. The summed E-state index contributed by atoms with van der Waals surface area (Å²) in [7, 11) is 0. The first-order valence-corrected chi connectivity index (χ1v) is 8.29. The summed E-state index contributed by atoms with van der Waals surface area (Å²) in [6, 6.07) is 7.78. The van der Waals surface area contributed by atoms with Crippen molar-refractivity contribution in [1.29, 1.82) is 0 Å². The fourth-order valence-corrected chi connectivity index (χ4v) is 2.27. The number of rotatable bonds is 10. The lowest BCUT2D eigenvalue weighted by Crippen LogP contribution is -2.26. The lowest BCUT2D eigenvalue weighted by molar-refractivity contribution is -0.122. The van der Waals surface area contributed by atoms with Crippen LogP contribution in [0.1, 0.15) is 58.1 Å². The zero-order valence-corrected chi connectivity index (χ0v) is 14.4. The van der Waals surface area contributed by atoms with Crippen molar-refractivity contribution in [3.63, 3.8) is 0 Å². The Labute approximate surface area is 138 Å². The van der Waals surface area contributed by atoms with E-state index < -0.39 is 0 Å². The molecule has 0 fully saturated rings. The van der Waals surface area contributed by atoms with Crippen molar-refractivity contribution in [3.05, 3.63) is 29.8 Å². The van der Waals surface area contributed by atoms with Crippen LogP contribution < -0.4 is 15.4 Å². The van der Waals surface area contributed by atoms with Gasteiger partial charge >= 0.3 is 0 Å². The molecule has 0 spiro atoms. The number of carbonyl (C=O) groups excluding carboxylic acids is 2. The van der Waals surface area contributed by atoms with E-state index >= 15 is 0 Å². The van der Waals surface area contributed by atoms with E-state index in [0.29, 0.717) is 19.6 Å². The quantitative estimate of drug-likeness (QED) is 0.651. The normalized spacial score (nSPS) is 11.6. The molecular formula is C18H28N2O3. The van der Waals surface area contributed by atoms with Gasteiger partial charge in [0.1, 0.15) is 5.75 Å². The maximum absolute atomic E-state index is 11.9. The molecular weight excluding hydrogens is 292 g/mol. The van der Waals surface area contributed by atoms with Crippen molar-refractivity contribution < 1.29 is 14.3 Å². The van der Waals surface area contributed by atoms with Gasteiger partial charge in [0.15, 0.2) is 0 Å². The topological polar surface area (TPSA) is 67.4 Å². The second-order valence-electron chi connectivity index (χ2n) is 5.58. The summed E-state index contributed by atoms with van der Waals surface area (Å²) in [5, 5.41) is 5.76. The van der Waals surface area contributed by atoms with Crippen LogP contribution in [0.4, 0.5) is 0 Å². The predicted molar refractivity (Wildman–Crippen MR) is 91.3 cm³/mol. The molecule has 2 N–H and O–H groups in total. The molecule has 0 aliphatic rings. The van der Waals surface area contributed by atoms with Gasteiger partial charge in [-0.2, -0.15) is 0 Å². The molecule has 0 aliphatic heterocycles. The van der Waals surface area contributed by atoms with Gasteiger partial charge in [-0.25, -0.2) is 0 Å². The lowest BCUT2D eigenvalue weighted by Gasteiger charge is -2.15. The van der Waals surface area contributed by atoms with Gasteiger partial charge in [-0.05, 0) is 44.4 Å². The number of hydrogen-bond acceptors (Lipinski definition) is 3. The Morgan fingerprint density at radius 1 is 1.13 bits per heavy atom. The Morgan fingerprint density at radius 3 is 2.43 bits per heavy atom. The van der Waals surface area contributed by atoms with Crippen LogP contribution in [0.2, 0.25) is 0 Å². The van der Waals surface area contributed by atoms with Crippen LogP contribution in [-0.4, -0.2) is 25.0 Å². The van der Waals surface area contributed by atoms with Crippen molar-refractivity contribution in [3.8, 4) is 5.75 Å². The average molecular weight is 320 g/mol. The monoisotopic (exact) mass is 320 g/mol. The van der Waals surface area contributed by atoms with Gasteiger partial charge in [0.25, 0.3) is 0 Å². The molecule has 0 radical (unpaired) electrons. The molecule has 1 aromatic carbocycles. The minimum Gasteiger partial charge on any atom is -0.494 e. The minimum atomic E-state index is -0.0162. The van der Waals surface area contributed by atoms with E-state index in [0.717, 1.165) is 30.6 Å². The number of amides is 2. The van der Waals surface area contributed by atoms with Crippen molar-refractivity contribution in [2.24, 2.45) is 0 Å². The summed E-state index contributed by atoms with van der Waals surface area (Å²) >= 11 is 0. The number of unbranched alkanes of at least 4 members (excludes halogenated alkanes) is 2. The largest absolute Gasteiger partial charge is 0.494 e. The Kier molecular flexibility index (Phi) is 8.80. The summed E-state index contributed by atoms with van der Waals surface area (Å²) < 4.78 is 5.41. The lowest BCUT2D eigenvalue weighted by atomic mass is 10.1. The highest BCUT2D eigenvalue weighted by Crippen LogP contribution is 2.17. The second-order valence-corrected chi connectivity index (χ2v) is 5.58. The van der Waals surface area contributed by atoms with Crippen molar-refractivity contribution in [2.45, 2.75) is 52.5 Å². The smallest absolute Gasteiger partial charge is 0.220 e. The Morgan fingerprint density at radius 2 is 1.83 bits per heavy atom. The third-order valence-corrected chi connectivity index (χ3v) is 3.52. The van der Waals surface area contributed by atoms with Crippen LogP contribution in [0.25, 0.3) is 0 Å². The number of benzene rings is 1. The van der Waals surface area contributed by atoms with E-state index in [1.54, 1.807) is 0 Å². The highest BCUT2D eigenvalue weighted by molar-refractivity contribution is 5.76. The molecule has 0 bridgehead atoms. The van der Waals surface area contributed by atoms with Gasteiger partial charge in [0, 0.05) is 19.9 Å². The maximum Gasteiger partial charge on any atom is 0.220 e. The van der Waals surface area contributed by atoms with Crippen LogP contribution in [0, 0.1) is 0 Å². The molecule has 1 atom stereocenters. The van der Waals surface area contributed by atoms with Gasteiger partial charge in [0.05, 0.1) is 12.6 Å². The fraction of sp³-hybridized carbons (Fsp3) is 0.556. The van der Waals surface area contributed by atoms with Gasteiger partial charge < -0.3 is 15.4 Å². The number of carbonyl (C=O) groups is 2. The molecule has 0 saturated carbocycles. The number of nitrogens with one attached hydrogen (secondary N) is 2. The van der Waals surface area contributed by atoms with E-state index in [9.17, 15) is 9.59 Å². The van der Waals surface area contributed by atoms with Crippen LogP contribution in [0.3, 0.4) is 0 Å². The minimum absolute atomic E-state index is 0.00748. The standard InChI is InChI=1S/C18H28N2O3/c1-4-23-17-11-9-16(10-12-17)14(2)20-18(22)8-6-5-7-13-19-15(3)21/h9-12,14H,4-8,13H2,1-3H3,(H,19,21)(H,20,22). The SMILES string of the molecule is CCOc1ccc(C(C)NC(=O)CCCCCNC(C)=O)cc1. The summed E-state index contributed by atoms with van der Waals surface area (Å²) in [5.74, 6) is 0.895. The van der Waals surface area contributed by atoms with Crippen molar-refractivity contribution in [2.75, 3.05) is 13.2 Å². The van der Waals surface area contributed by atoms with Crippen molar-refractivity contribution in [1.82, 2.24) is 10.6 Å². The first-order valence-electron chi connectivity index (χ1n) is 8.29. The zero-order valence-electron chi connectivity index (χ0n) is 14.4. The first kappa shape index (κ1) is 19.0. The van der Waals surface area contributed by atoms with Gasteiger partial charge in [-0.1, -0.05) is 18.6 Å². The number of hydrogen-bond donors (Lipinski definition) is 2. The molecule has 2 amide bonds. The van der Waals surface area contributed by atoms with Crippen LogP contribution in [0.5, 0.6) is 5.75 Å². The summed E-state index contributed by atoms with van der Waals surface area (Å²) in [5.41, 5.74) is 1.06. The molecule has 0 heterocycles. The van der Waals surface area contributed by atoms with E-state index in [-0.39, 0.29) is 17.9 Å². The zero-order chi connectivity index (χ0) is 17.1. The molecule has 0 saturated heterocycles. The molecule has 23 heavy (non-hydrogen) atoms. The summed E-state index contributed by atoms with van der Waals surface area (Å²) in [6.07, 6.45) is 3.19. The van der Waals surface area contributed by atoms with E-state index in [1.165, 1.54) is 6.92 Å². The first-order chi connectivity index (χ1) is 11.0. The molecule has 1 aromatic rings. The molecule has 5 nitrogen and oxygen atoms in total. The Balaban J connectivity index is 2.23. The van der Waals surface area contributed by atoms with Crippen LogP contribution >= 0.6 is 0 Å². The molecule has 128 valence electrons. The average Bonchev–Trinajstić information content (AvgIpc) is 2.51. The fourth-order valence-electron chi connectivity index (χ4n) is 2.27. The van der Waals surface area contributed by atoms with E-state index in [1.807, 2.05) is 38.1 Å². The molecule has 1 unspecified atom stereocenters. The van der Waals surface area contributed by atoms with E-state index in [2.05, 4.69) is 10.6 Å². The Hall–Kier alpha value is -2.04. The molecule has 0 aromatic heterocycles. The van der Waals surface area contributed by atoms with Gasteiger partial charge in [-0.15, -0.1) is 0 Å². The number of ether oxygens (including phenoxy) is 1.